The van der Waals surface area contributed by atoms with Gasteiger partial charge in [-0.25, -0.2) is 0 Å². The predicted octanol–water partition coefficient (Wildman–Crippen LogP) is 2.35. The van der Waals surface area contributed by atoms with Crippen molar-refractivity contribution in [2.45, 2.75) is 49.9 Å². The van der Waals surface area contributed by atoms with E-state index in [1.165, 1.54) is 0 Å². The molecule has 24 heavy (non-hydrogen) atoms. The van der Waals surface area contributed by atoms with Crippen molar-refractivity contribution in [3.63, 3.8) is 0 Å². The number of halogens is 3. The third-order valence-corrected chi connectivity index (χ3v) is 4.64. The van der Waals surface area contributed by atoms with Crippen LogP contribution in [-0.2, 0) is 25.6 Å². The van der Waals surface area contributed by atoms with Gasteiger partial charge in [0.1, 0.15) is 20.1 Å². The van der Waals surface area contributed by atoms with Crippen LogP contribution in [0.25, 0.3) is 0 Å². The molecule has 2 radical (unpaired) electrons. The van der Waals surface area contributed by atoms with Crippen molar-refractivity contribution in [1.29, 1.82) is 0 Å². The zero-order valence-electron chi connectivity index (χ0n) is 13.0. The molecule has 2 fully saturated rings. The fraction of sp³-hybridized carbons (Fsp3) is 0.562. The first-order valence-electron chi connectivity index (χ1n) is 7.59. The van der Waals surface area contributed by atoms with Gasteiger partial charge in [-0.2, -0.15) is 13.2 Å². The molecule has 1 aromatic rings. The molecule has 3 rings (SSSR count). The van der Waals surface area contributed by atoms with E-state index in [9.17, 15) is 18.0 Å². The molecule has 2 unspecified atom stereocenters. The van der Waals surface area contributed by atoms with Crippen LogP contribution >= 0.6 is 0 Å². The Balaban J connectivity index is 1.72. The molecule has 2 heterocycles. The lowest BCUT2D eigenvalue weighted by Crippen LogP contribution is -2.54. The molecular formula is C16H16BF3O4. The fourth-order valence-corrected chi connectivity index (χ4v) is 3.42. The minimum absolute atomic E-state index is 0.0167. The molecule has 0 saturated carbocycles. The topological polar surface area (TPSA) is 44.8 Å². The highest BCUT2D eigenvalue weighted by Crippen LogP contribution is 2.54. The zero-order valence-corrected chi connectivity index (χ0v) is 13.0. The van der Waals surface area contributed by atoms with Crippen LogP contribution in [0.15, 0.2) is 30.3 Å². The van der Waals surface area contributed by atoms with Crippen LogP contribution < -0.4 is 0 Å². The molecule has 0 aliphatic carbocycles. The molecule has 2 saturated heterocycles. The van der Waals surface area contributed by atoms with Gasteiger partial charge in [-0.3, -0.25) is 4.79 Å². The van der Waals surface area contributed by atoms with Gasteiger partial charge in [-0.1, -0.05) is 37.3 Å². The minimum atomic E-state index is -4.65. The number of rotatable bonds is 4. The fourth-order valence-electron chi connectivity index (χ4n) is 3.42. The summed E-state index contributed by atoms with van der Waals surface area (Å²) >= 11 is 0. The number of esters is 1. The maximum Gasteiger partial charge on any atom is 0.417 e. The number of hydrogen-bond acceptors (Lipinski definition) is 4. The molecule has 128 valence electrons. The van der Waals surface area contributed by atoms with Gasteiger partial charge in [0.15, 0.2) is 6.10 Å². The highest BCUT2D eigenvalue weighted by Gasteiger charge is 2.71. The molecular weight excluding hydrogens is 324 g/mol. The number of benzene rings is 1. The summed E-state index contributed by atoms with van der Waals surface area (Å²) in [5.74, 6) is -1.44. The maximum absolute atomic E-state index is 13.3. The van der Waals surface area contributed by atoms with Gasteiger partial charge < -0.3 is 14.2 Å². The van der Waals surface area contributed by atoms with Gasteiger partial charge in [0.25, 0.3) is 0 Å². The van der Waals surface area contributed by atoms with Crippen LogP contribution in [0.2, 0.25) is 0 Å². The molecule has 2 aliphatic rings. The molecule has 2 bridgehead atoms. The van der Waals surface area contributed by atoms with Crippen molar-refractivity contribution in [2.24, 2.45) is 5.92 Å². The van der Waals surface area contributed by atoms with Crippen molar-refractivity contribution < 1.29 is 32.2 Å². The van der Waals surface area contributed by atoms with Crippen LogP contribution in [0.5, 0.6) is 0 Å². The Bertz CT molecular complexity index is 609. The minimum Gasteiger partial charge on any atom is -0.461 e. The summed E-state index contributed by atoms with van der Waals surface area (Å²) < 4.78 is 55.3. The Morgan fingerprint density at radius 2 is 2.00 bits per heavy atom. The first kappa shape index (κ1) is 17.3. The molecule has 2 aliphatic heterocycles. The number of ether oxygens (including phenoxy) is 3. The third-order valence-electron chi connectivity index (χ3n) is 4.64. The average Bonchev–Trinajstić information content (AvgIpc) is 2.91. The van der Waals surface area contributed by atoms with Gasteiger partial charge in [-0.15, -0.1) is 0 Å². The van der Waals surface area contributed by atoms with Gasteiger partial charge in [0.2, 0.25) is 0 Å². The molecule has 0 amide bonds. The number of fused-ring (bicyclic) bond motifs is 2. The smallest absolute Gasteiger partial charge is 0.417 e. The van der Waals surface area contributed by atoms with Crippen LogP contribution in [0.3, 0.4) is 0 Å². The number of hydrogen-bond donors (Lipinski definition) is 0. The average molecular weight is 340 g/mol. The molecule has 1 aromatic carbocycles. The van der Waals surface area contributed by atoms with Crippen molar-refractivity contribution in [3.8, 4) is 0 Å². The Labute approximate surface area is 138 Å². The van der Waals surface area contributed by atoms with E-state index in [1.54, 1.807) is 31.2 Å². The van der Waals surface area contributed by atoms with Crippen molar-refractivity contribution >= 4 is 13.8 Å². The van der Waals surface area contributed by atoms with E-state index < -0.39 is 48.3 Å². The largest absolute Gasteiger partial charge is 0.461 e. The lowest BCUT2D eigenvalue weighted by molar-refractivity contribution is -0.287. The molecule has 0 spiro atoms. The summed E-state index contributed by atoms with van der Waals surface area (Å²) in [4.78, 5) is 12.1. The van der Waals surface area contributed by atoms with Crippen LogP contribution in [0.1, 0.15) is 18.9 Å². The first-order valence-corrected chi connectivity index (χ1v) is 7.59. The summed E-state index contributed by atoms with van der Waals surface area (Å²) in [5.41, 5.74) is -1.09. The van der Waals surface area contributed by atoms with Crippen LogP contribution in [0.4, 0.5) is 13.2 Å². The summed E-state index contributed by atoms with van der Waals surface area (Å²) in [6.45, 7) is 1.53. The molecule has 8 heteroatoms. The summed E-state index contributed by atoms with van der Waals surface area (Å²) in [6, 6.07) is 7.88. The summed E-state index contributed by atoms with van der Waals surface area (Å²) in [7, 11) is 5.68. The van der Waals surface area contributed by atoms with Crippen LogP contribution in [0, 0.1) is 5.92 Å². The Hall–Kier alpha value is -1.54. The van der Waals surface area contributed by atoms with E-state index in [1.807, 2.05) is 6.07 Å². The number of carbonyl (C=O) groups excluding carboxylic acids is 1. The maximum atomic E-state index is 13.3. The predicted molar refractivity (Wildman–Crippen MR) is 78.1 cm³/mol. The lowest BCUT2D eigenvalue weighted by Gasteiger charge is -2.37. The molecule has 4 nitrogen and oxygen atoms in total. The Kier molecular flexibility index (Phi) is 4.38. The Morgan fingerprint density at radius 3 is 2.58 bits per heavy atom. The number of alkyl halides is 3. The zero-order chi connectivity index (χ0) is 17.5. The van der Waals surface area contributed by atoms with Gasteiger partial charge >= 0.3 is 12.1 Å². The molecule has 0 N–H and O–H groups in total. The summed E-state index contributed by atoms with van der Waals surface area (Å²) in [5, 5.41) is 0. The number of carbonyl (C=O) groups is 1. The lowest BCUT2D eigenvalue weighted by atomic mass is 9.81. The quantitative estimate of drug-likeness (QED) is 0.624. The van der Waals surface area contributed by atoms with Gasteiger partial charge in [0, 0.05) is 11.9 Å². The van der Waals surface area contributed by atoms with Crippen molar-refractivity contribution in [3.05, 3.63) is 35.9 Å². The standard InChI is InChI=1S/C16H16BF3O4/c1-9-12-13(17)24-15(9,14(23-12)16(18,19)20)7-11(21)22-8-10-5-3-2-4-6-10/h2-6,9,12-14H,7-8H2,1H3/t9?,12-,13+,14?,15+/m0/s1. The van der Waals surface area contributed by atoms with E-state index in [-0.39, 0.29) is 6.61 Å². The SMILES string of the molecule is [B][C@@H]1O[C@]2(CC(=O)OCc3ccccc3)C(C)[C@@H]1OC2C(F)(F)F. The highest BCUT2D eigenvalue weighted by atomic mass is 19.4. The normalized spacial score (nSPS) is 35.2. The first-order chi connectivity index (χ1) is 11.2. The second kappa shape index (κ2) is 6.08. The van der Waals surface area contributed by atoms with E-state index >= 15 is 0 Å². The second-order valence-electron chi connectivity index (χ2n) is 6.17. The Morgan fingerprint density at radius 1 is 1.33 bits per heavy atom. The van der Waals surface area contributed by atoms with E-state index in [4.69, 9.17) is 22.1 Å². The third kappa shape index (κ3) is 2.93. The highest BCUT2D eigenvalue weighted by molar-refractivity contribution is 6.11. The summed E-state index contributed by atoms with van der Waals surface area (Å²) in [6.07, 6.45) is -8.29. The molecule has 5 atom stereocenters. The van der Waals surface area contributed by atoms with Crippen molar-refractivity contribution in [1.82, 2.24) is 0 Å². The van der Waals surface area contributed by atoms with E-state index in [2.05, 4.69) is 0 Å². The van der Waals surface area contributed by atoms with E-state index in [0.29, 0.717) is 0 Å². The molecule has 0 aromatic heterocycles. The van der Waals surface area contributed by atoms with E-state index in [0.717, 1.165) is 5.56 Å². The van der Waals surface area contributed by atoms with Crippen molar-refractivity contribution in [2.75, 3.05) is 0 Å². The second-order valence-corrected chi connectivity index (χ2v) is 6.17. The van der Waals surface area contributed by atoms with Crippen LogP contribution in [-0.4, -0.2) is 43.8 Å². The van der Waals surface area contributed by atoms with Gasteiger partial charge in [0.05, 0.1) is 12.5 Å². The van der Waals surface area contributed by atoms with Gasteiger partial charge in [-0.05, 0) is 5.56 Å². The monoisotopic (exact) mass is 340 g/mol.